The first-order valence-corrected chi connectivity index (χ1v) is 6.38. The molecule has 18 heavy (non-hydrogen) atoms. The molecule has 0 spiro atoms. The number of aromatic nitrogens is 2. The van der Waals surface area contributed by atoms with Crippen molar-refractivity contribution in [2.75, 3.05) is 6.54 Å². The second-order valence-electron chi connectivity index (χ2n) is 4.03. The first-order chi connectivity index (χ1) is 8.49. The molecule has 0 aliphatic carbocycles. The Bertz CT molecular complexity index is 420. The van der Waals surface area contributed by atoms with Crippen molar-refractivity contribution < 1.29 is 9.59 Å². The van der Waals surface area contributed by atoms with Crippen LogP contribution in [0.4, 0.5) is 0 Å². The van der Waals surface area contributed by atoms with Crippen LogP contribution in [0.3, 0.4) is 0 Å². The fraction of sp³-hybridized carbons (Fsp3) is 0.545. The van der Waals surface area contributed by atoms with E-state index in [9.17, 15) is 9.59 Å². The molecule has 0 aromatic carbocycles. The van der Waals surface area contributed by atoms with Gasteiger partial charge in [0.15, 0.2) is 0 Å². The summed E-state index contributed by atoms with van der Waals surface area (Å²) >= 11 is 10.9. The number of hydrogen-bond donors (Lipinski definition) is 1. The van der Waals surface area contributed by atoms with Gasteiger partial charge in [-0.25, -0.2) is 0 Å². The molecule has 1 aromatic heterocycles. The zero-order chi connectivity index (χ0) is 13.5. The van der Waals surface area contributed by atoms with Crippen LogP contribution < -0.4 is 5.32 Å². The number of hydrogen-bond acceptors (Lipinski definition) is 3. The maximum absolute atomic E-state index is 11.7. The lowest BCUT2D eigenvalue weighted by Crippen LogP contribution is -2.32. The van der Waals surface area contributed by atoms with E-state index in [0.29, 0.717) is 24.5 Å². The highest BCUT2D eigenvalue weighted by Gasteiger charge is 2.13. The molecule has 0 aliphatic heterocycles. The average molecular weight is 292 g/mol. The van der Waals surface area contributed by atoms with Crippen LogP contribution in [0, 0.1) is 5.92 Å². The highest BCUT2D eigenvalue weighted by atomic mass is 35.5. The van der Waals surface area contributed by atoms with Gasteiger partial charge in [0.05, 0.1) is 23.7 Å². The minimum Gasteiger partial charge on any atom is -0.356 e. The number of amides is 1. The molecule has 0 saturated carbocycles. The van der Waals surface area contributed by atoms with Crippen molar-refractivity contribution in [2.24, 2.45) is 5.92 Å². The Kier molecular flexibility index (Phi) is 6.15. The summed E-state index contributed by atoms with van der Waals surface area (Å²) < 4.78 is 1.62. The first kappa shape index (κ1) is 15.0. The third-order valence-corrected chi connectivity index (χ3v) is 2.74. The molecule has 1 atom stereocenters. The van der Waals surface area contributed by atoms with E-state index in [-0.39, 0.29) is 23.5 Å². The normalized spacial score (nSPS) is 12.2. The molecule has 0 bridgehead atoms. The van der Waals surface area contributed by atoms with Gasteiger partial charge >= 0.3 is 0 Å². The molecule has 1 aromatic rings. The van der Waals surface area contributed by atoms with Gasteiger partial charge in [-0.2, -0.15) is 5.10 Å². The van der Waals surface area contributed by atoms with Gasteiger partial charge in [0, 0.05) is 19.2 Å². The van der Waals surface area contributed by atoms with Crippen molar-refractivity contribution in [1.29, 1.82) is 0 Å². The Labute approximate surface area is 115 Å². The molecule has 0 aliphatic rings. The smallest absolute Gasteiger partial charge is 0.224 e. The largest absolute Gasteiger partial charge is 0.356 e. The highest BCUT2D eigenvalue weighted by molar-refractivity contribution is 6.63. The zero-order valence-corrected chi connectivity index (χ0v) is 11.5. The van der Waals surface area contributed by atoms with Gasteiger partial charge in [0.25, 0.3) is 0 Å². The molecule has 1 heterocycles. The summed E-state index contributed by atoms with van der Waals surface area (Å²) in [6.07, 6.45) is 4.01. The Hall–Kier alpha value is -1.07. The summed E-state index contributed by atoms with van der Waals surface area (Å²) in [5.74, 6) is -0.295. The molecule has 1 N–H and O–H groups in total. The fourth-order valence-corrected chi connectivity index (χ4v) is 1.70. The molecule has 0 saturated heterocycles. The Morgan fingerprint density at radius 3 is 2.83 bits per heavy atom. The minimum atomic E-state index is -0.386. The standard InChI is InChI=1S/C11H15Cl2N3O2/c1-8(6-16-7-9(12)5-15-16)11(18)14-4-2-3-10(13)17/h5,7-8H,2-4,6H2,1H3,(H,14,18). The van der Waals surface area contributed by atoms with Crippen molar-refractivity contribution in [1.82, 2.24) is 15.1 Å². The van der Waals surface area contributed by atoms with Crippen molar-refractivity contribution >= 4 is 34.4 Å². The minimum absolute atomic E-state index is 0.0800. The maximum atomic E-state index is 11.7. The van der Waals surface area contributed by atoms with E-state index >= 15 is 0 Å². The first-order valence-electron chi connectivity index (χ1n) is 5.63. The third-order valence-electron chi connectivity index (χ3n) is 2.36. The molecule has 100 valence electrons. The number of nitrogens with zero attached hydrogens (tertiary/aromatic N) is 2. The van der Waals surface area contributed by atoms with E-state index in [1.807, 2.05) is 0 Å². The predicted molar refractivity (Wildman–Crippen MR) is 69.5 cm³/mol. The number of carbonyl (C=O) groups excluding carboxylic acids is 2. The van der Waals surface area contributed by atoms with Gasteiger partial charge in [-0.15, -0.1) is 0 Å². The van der Waals surface area contributed by atoms with E-state index in [1.165, 1.54) is 6.20 Å². The van der Waals surface area contributed by atoms with E-state index in [0.717, 1.165) is 0 Å². The van der Waals surface area contributed by atoms with Gasteiger partial charge < -0.3 is 5.32 Å². The molecule has 5 nitrogen and oxygen atoms in total. The van der Waals surface area contributed by atoms with Crippen molar-refractivity contribution in [2.45, 2.75) is 26.3 Å². The van der Waals surface area contributed by atoms with E-state index in [2.05, 4.69) is 10.4 Å². The van der Waals surface area contributed by atoms with E-state index < -0.39 is 0 Å². The van der Waals surface area contributed by atoms with Gasteiger partial charge in [-0.1, -0.05) is 18.5 Å². The highest BCUT2D eigenvalue weighted by Crippen LogP contribution is 2.07. The van der Waals surface area contributed by atoms with Crippen LogP contribution in [-0.2, 0) is 16.1 Å². The number of nitrogens with one attached hydrogen (secondary N) is 1. The Morgan fingerprint density at radius 2 is 2.28 bits per heavy atom. The molecule has 1 amide bonds. The van der Waals surface area contributed by atoms with Crippen LogP contribution >= 0.6 is 23.2 Å². The van der Waals surface area contributed by atoms with Crippen LogP contribution in [-0.4, -0.2) is 27.5 Å². The predicted octanol–water partition coefficient (Wildman–Crippen LogP) is 1.83. The van der Waals surface area contributed by atoms with Crippen molar-refractivity contribution in [3.05, 3.63) is 17.4 Å². The molecule has 7 heteroatoms. The molecule has 0 radical (unpaired) electrons. The van der Waals surface area contributed by atoms with Gasteiger partial charge in [-0.3, -0.25) is 14.3 Å². The molecule has 0 fully saturated rings. The van der Waals surface area contributed by atoms with Crippen molar-refractivity contribution in [3.63, 3.8) is 0 Å². The van der Waals surface area contributed by atoms with Crippen LogP contribution in [0.15, 0.2) is 12.4 Å². The van der Waals surface area contributed by atoms with E-state index in [1.54, 1.807) is 17.8 Å². The lowest BCUT2D eigenvalue weighted by molar-refractivity contribution is -0.125. The SMILES string of the molecule is CC(Cn1cc(Cl)cn1)C(=O)NCCCC(=O)Cl. The summed E-state index contributed by atoms with van der Waals surface area (Å²) in [5, 5.41) is 6.90. The van der Waals surface area contributed by atoms with Crippen LogP contribution in [0.25, 0.3) is 0 Å². The number of carbonyl (C=O) groups is 2. The second-order valence-corrected chi connectivity index (χ2v) is 4.89. The molecular formula is C11H15Cl2N3O2. The fourth-order valence-electron chi connectivity index (χ4n) is 1.41. The quantitative estimate of drug-likeness (QED) is 0.616. The monoisotopic (exact) mass is 291 g/mol. The van der Waals surface area contributed by atoms with E-state index in [4.69, 9.17) is 23.2 Å². The summed E-state index contributed by atoms with van der Waals surface area (Å²) in [5.41, 5.74) is 0. The van der Waals surface area contributed by atoms with Crippen LogP contribution in [0.2, 0.25) is 5.02 Å². The maximum Gasteiger partial charge on any atom is 0.224 e. The van der Waals surface area contributed by atoms with Gasteiger partial charge in [0.2, 0.25) is 11.1 Å². The Morgan fingerprint density at radius 1 is 1.56 bits per heavy atom. The average Bonchev–Trinajstić information content (AvgIpc) is 2.69. The third kappa shape index (κ3) is 5.51. The number of rotatable bonds is 7. The second kappa shape index (κ2) is 7.38. The van der Waals surface area contributed by atoms with Gasteiger partial charge in [-0.05, 0) is 18.0 Å². The molecule has 1 rings (SSSR count). The van der Waals surface area contributed by atoms with Gasteiger partial charge in [0.1, 0.15) is 0 Å². The topological polar surface area (TPSA) is 64.0 Å². The summed E-state index contributed by atoms with van der Waals surface area (Å²) in [4.78, 5) is 22.2. The summed E-state index contributed by atoms with van der Waals surface area (Å²) in [7, 11) is 0. The lowest BCUT2D eigenvalue weighted by Gasteiger charge is -2.11. The van der Waals surface area contributed by atoms with Crippen molar-refractivity contribution in [3.8, 4) is 0 Å². The summed E-state index contributed by atoms with van der Waals surface area (Å²) in [6, 6.07) is 0. The van der Waals surface area contributed by atoms with Crippen LogP contribution in [0.1, 0.15) is 19.8 Å². The number of halogens is 2. The summed E-state index contributed by atoms with van der Waals surface area (Å²) in [6.45, 7) is 2.71. The Balaban J connectivity index is 2.26. The zero-order valence-electron chi connectivity index (χ0n) is 10.0. The van der Waals surface area contributed by atoms with Crippen LogP contribution in [0.5, 0.6) is 0 Å². The molecular weight excluding hydrogens is 277 g/mol. The molecule has 1 unspecified atom stereocenters. The lowest BCUT2D eigenvalue weighted by atomic mass is 10.1.